The van der Waals surface area contributed by atoms with Gasteiger partial charge in [0.2, 0.25) is 0 Å². The number of hydrogen-bond donors (Lipinski definition) is 2. The minimum atomic E-state index is -0.874. The zero-order valence-electron chi connectivity index (χ0n) is 12.2. The van der Waals surface area contributed by atoms with Crippen LogP contribution in [0.5, 0.6) is 0 Å². The van der Waals surface area contributed by atoms with Gasteiger partial charge in [0.15, 0.2) is 5.82 Å². The summed E-state index contributed by atoms with van der Waals surface area (Å²) in [5.41, 5.74) is -0.874. The molecule has 0 bridgehead atoms. The van der Waals surface area contributed by atoms with E-state index in [1.54, 1.807) is 14.0 Å². The molecule has 0 aliphatic rings. The standard InChI is InChI=1S/C13H24N4O2/c1-5-10-15-11(6-2)17(16-10)9-7-8-13(3,14-4)12(18)19/h14H,5-9H2,1-4H3,(H,18,19). The van der Waals surface area contributed by atoms with Crippen LogP contribution in [-0.2, 0) is 24.2 Å². The number of nitrogens with one attached hydrogen (secondary N) is 1. The number of carboxylic acids is 1. The molecule has 0 spiro atoms. The van der Waals surface area contributed by atoms with Crippen molar-refractivity contribution in [1.82, 2.24) is 20.1 Å². The van der Waals surface area contributed by atoms with Crippen LogP contribution in [0.1, 0.15) is 45.3 Å². The van der Waals surface area contributed by atoms with Crippen LogP contribution >= 0.6 is 0 Å². The fourth-order valence-corrected chi connectivity index (χ4v) is 1.94. The van der Waals surface area contributed by atoms with E-state index in [4.69, 9.17) is 0 Å². The van der Waals surface area contributed by atoms with Gasteiger partial charge in [-0.3, -0.25) is 4.79 Å². The zero-order valence-corrected chi connectivity index (χ0v) is 12.2. The maximum Gasteiger partial charge on any atom is 0.323 e. The second-order valence-corrected chi connectivity index (χ2v) is 4.87. The first-order valence-corrected chi connectivity index (χ1v) is 6.81. The van der Waals surface area contributed by atoms with Crippen molar-refractivity contribution in [3.63, 3.8) is 0 Å². The van der Waals surface area contributed by atoms with Crippen molar-refractivity contribution in [2.45, 2.75) is 58.5 Å². The molecule has 108 valence electrons. The fourth-order valence-electron chi connectivity index (χ4n) is 1.94. The molecule has 0 aliphatic heterocycles. The summed E-state index contributed by atoms with van der Waals surface area (Å²) in [5, 5.41) is 16.5. The van der Waals surface area contributed by atoms with Gasteiger partial charge in [-0.05, 0) is 26.8 Å². The molecule has 1 aromatic rings. The highest BCUT2D eigenvalue weighted by Crippen LogP contribution is 2.13. The normalized spacial score (nSPS) is 14.3. The van der Waals surface area contributed by atoms with Crippen molar-refractivity contribution in [1.29, 1.82) is 0 Å². The second kappa shape index (κ2) is 6.65. The summed E-state index contributed by atoms with van der Waals surface area (Å²) in [6.45, 7) is 6.49. The molecule has 0 aliphatic carbocycles. The van der Waals surface area contributed by atoms with Crippen molar-refractivity contribution in [3.8, 4) is 0 Å². The van der Waals surface area contributed by atoms with E-state index in [-0.39, 0.29) is 0 Å². The van der Waals surface area contributed by atoms with Gasteiger partial charge in [-0.15, -0.1) is 0 Å². The first kappa shape index (κ1) is 15.6. The molecule has 0 fully saturated rings. The SMILES string of the molecule is CCc1nc(CC)n(CCCC(C)(NC)C(=O)O)n1. The molecule has 1 aromatic heterocycles. The lowest BCUT2D eigenvalue weighted by molar-refractivity contribution is -0.144. The van der Waals surface area contributed by atoms with Crippen LogP contribution in [-0.4, -0.2) is 38.4 Å². The number of likely N-dealkylation sites (N-methyl/N-ethyl adjacent to an activating group) is 1. The van der Waals surface area contributed by atoms with E-state index in [9.17, 15) is 9.90 Å². The minimum Gasteiger partial charge on any atom is -0.480 e. The first-order valence-electron chi connectivity index (χ1n) is 6.81. The predicted octanol–water partition coefficient (Wildman–Crippen LogP) is 1.25. The summed E-state index contributed by atoms with van der Waals surface area (Å²) in [6.07, 6.45) is 2.98. The molecule has 1 unspecified atom stereocenters. The summed E-state index contributed by atoms with van der Waals surface area (Å²) in [6, 6.07) is 0. The predicted molar refractivity (Wildman–Crippen MR) is 73.1 cm³/mol. The van der Waals surface area contributed by atoms with Crippen LogP contribution in [0.4, 0.5) is 0 Å². The van der Waals surface area contributed by atoms with Gasteiger partial charge in [0.05, 0.1) is 0 Å². The number of rotatable bonds is 8. The van der Waals surface area contributed by atoms with Crippen LogP contribution in [0.3, 0.4) is 0 Å². The van der Waals surface area contributed by atoms with Gasteiger partial charge < -0.3 is 10.4 Å². The Balaban J connectivity index is 2.62. The molecular weight excluding hydrogens is 244 g/mol. The highest BCUT2D eigenvalue weighted by Gasteiger charge is 2.30. The van der Waals surface area contributed by atoms with E-state index in [1.165, 1.54) is 0 Å². The summed E-state index contributed by atoms with van der Waals surface area (Å²) in [5.74, 6) is 1.00. The molecular formula is C13H24N4O2. The zero-order chi connectivity index (χ0) is 14.5. The van der Waals surface area contributed by atoms with Crippen LogP contribution in [0, 0.1) is 0 Å². The molecule has 6 nitrogen and oxygen atoms in total. The van der Waals surface area contributed by atoms with E-state index in [2.05, 4.69) is 22.3 Å². The summed E-state index contributed by atoms with van der Waals surface area (Å²) in [7, 11) is 1.68. The van der Waals surface area contributed by atoms with E-state index in [1.807, 2.05) is 11.6 Å². The lowest BCUT2D eigenvalue weighted by atomic mass is 9.96. The van der Waals surface area contributed by atoms with E-state index in [0.717, 1.165) is 30.9 Å². The Morgan fingerprint density at radius 1 is 1.42 bits per heavy atom. The molecule has 0 amide bonds. The number of hydrogen-bond acceptors (Lipinski definition) is 4. The molecule has 1 atom stereocenters. The summed E-state index contributed by atoms with van der Waals surface area (Å²) >= 11 is 0. The first-order chi connectivity index (χ1) is 8.96. The molecule has 0 saturated carbocycles. The highest BCUT2D eigenvalue weighted by atomic mass is 16.4. The minimum absolute atomic E-state index is 0.559. The fraction of sp³-hybridized carbons (Fsp3) is 0.769. The largest absolute Gasteiger partial charge is 0.480 e. The molecule has 0 aromatic carbocycles. The van der Waals surface area contributed by atoms with E-state index < -0.39 is 11.5 Å². The average Bonchev–Trinajstić information content (AvgIpc) is 2.80. The number of nitrogens with zero attached hydrogens (tertiary/aromatic N) is 3. The topological polar surface area (TPSA) is 80.0 Å². The Morgan fingerprint density at radius 2 is 2.11 bits per heavy atom. The van der Waals surface area contributed by atoms with Crippen molar-refractivity contribution in [2.75, 3.05) is 7.05 Å². The molecule has 19 heavy (non-hydrogen) atoms. The Labute approximate surface area is 114 Å². The number of aryl methyl sites for hydroxylation is 3. The lowest BCUT2D eigenvalue weighted by Crippen LogP contribution is -2.47. The molecule has 0 radical (unpaired) electrons. The van der Waals surface area contributed by atoms with E-state index >= 15 is 0 Å². The van der Waals surface area contributed by atoms with Gasteiger partial charge in [-0.1, -0.05) is 13.8 Å². The Morgan fingerprint density at radius 3 is 2.58 bits per heavy atom. The molecule has 1 heterocycles. The van der Waals surface area contributed by atoms with Crippen molar-refractivity contribution in [2.24, 2.45) is 0 Å². The number of aromatic nitrogens is 3. The third kappa shape index (κ3) is 3.76. The molecule has 6 heteroatoms. The van der Waals surface area contributed by atoms with Crippen LogP contribution in [0.15, 0.2) is 0 Å². The molecule has 2 N–H and O–H groups in total. The second-order valence-electron chi connectivity index (χ2n) is 4.87. The maximum atomic E-state index is 11.2. The summed E-state index contributed by atoms with van der Waals surface area (Å²) in [4.78, 5) is 15.6. The smallest absolute Gasteiger partial charge is 0.323 e. The average molecular weight is 268 g/mol. The number of carbonyl (C=O) groups is 1. The lowest BCUT2D eigenvalue weighted by Gasteiger charge is -2.23. The molecule has 0 saturated heterocycles. The monoisotopic (exact) mass is 268 g/mol. The Hall–Kier alpha value is -1.43. The van der Waals surface area contributed by atoms with Gasteiger partial charge in [0, 0.05) is 19.4 Å². The summed E-state index contributed by atoms with van der Waals surface area (Å²) < 4.78 is 1.90. The highest BCUT2D eigenvalue weighted by molar-refractivity contribution is 5.78. The van der Waals surface area contributed by atoms with Crippen LogP contribution < -0.4 is 5.32 Å². The van der Waals surface area contributed by atoms with Gasteiger partial charge in [0.25, 0.3) is 0 Å². The third-order valence-corrected chi connectivity index (χ3v) is 3.50. The molecule has 1 rings (SSSR count). The van der Waals surface area contributed by atoms with Crippen LogP contribution in [0.25, 0.3) is 0 Å². The maximum absolute atomic E-state index is 11.2. The van der Waals surface area contributed by atoms with Gasteiger partial charge in [-0.2, -0.15) is 5.10 Å². The third-order valence-electron chi connectivity index (χ3n) is 3.50. The van der Waals surface area contributed by atoms with Crippen molar-refractivity contribution >= 4 is 5.97 Å². The Kier molecular flexibility index (Phi) is 5.47. The van der Waals surface area contributed by atoms with Gasteiger partial charge in [-0.25, -0.2) is 9.67 Å². The van der Waals surface area contributed by atoms with Crippen LogP contribution in [0.2, 0.25) is 0 Å². The Bertz CT molecular complexity index is 430. The van der Waals surface area contributed by atoms with Crippen molar-refractivity contribution in [3.05, 3.63) is 11.6 Å². The van der Waals surface area contributed by atoms with Gasteiger partial charge >= 0.3 is 5.97 Å². The van der Waals surface area contributed by atoms with Gasteiger partial charge in [0.1, 0.15) is 11.4 Å². The quantitative estimate of drug-likeness (QED) is 0.741. The number of carboxylic acid groups (broad SMARTS) is 1. The number of aliphatic carboxylic acids is 1. The van der Waals surface area contributed by atoms with Crippen molar-refractivity contribution < 1.29 is 9.90 Å². The van der Waals surface area contributed by atoms with E-state index in [0.29, 0.717) is 13.0 Å².